The molecule has 2 heterocycles. The zero-order valence-corrected chi connectivity index (χ0v) is 12.5. The Labute approximate surface area is 124 Å². The Morgan fingerprint density at radius 3 is 2.75 bits per heavy atom. The molecule has 0 saturated carbocycles. The van der Waals surface area contributed by atoms with Gasteiger partial charge in [0, 0.05) is 23.6 Å². The van der Waals surface area contributed by atoms with Crippen molar-refractivity contribution in [3.63, 3.8) is 0 Å². The predicted octanol–water partition coefficient (Wildman–Crippen LogP) is 3.88. The van der Waals surface area contributed by atoms with Crippen LogP contribution in [0.5, 0.6) is 5.75 Å². The van der Waals surface area contributed by atoms with Gasteiger partial charge in [0.15, 0.2) is 0 Å². The van der Waals surface area contributed by atoms with Gasteiger partial charge in [-0.1, -0.05) is 18.0 Å². The molecule has 0 aliphatic carbocycles. The monoisotopic (exact) mass is 290 g/mol. The van der Waals surface area contributed by atoms with Crippen molar-refractivity contribution in [2.45, 2.75) is 25.8 Å². The number of fused-ring (bicyclic) bond motifs is 1. The Bertz CT molecular complexity index is 609. The van der Waals surface area contributed by atoms with E-state index in [2.05, 4.69) is 16.0 Å². The van der Waals surface area contributed by atoms with Crippen LogP contribution in [0.25, 0.3) is 10.9 Å². The molecule has 4 heteroatoms. The summed E-state index contributed by atoms with van der Waals surface area (Å²) in [5.41, 5.74) is 2.00. The van der Waals surface area contributed by atoms with Crippen LogP contribution < -0.4 is 4.74 Å². The summed E-state index contributed by atoms with van der Waals surface area (Å²) >= 11 is 6.34. The molecular formula is C16H19ClN2O. The number of rotatable bonds is 3. The van der Waals surface area contributed by atoms with Gasteiger partial charge in [-0.3, -0.25) is 4.90 Å². The number of benzene rings is 1. The first-order chi connectivity index (χ1) is 9.76. The number of pyridine rings is 1. The lowest BCUT2D eigenvalue weighted by atomic mass is 10.1. The molecule has 0 bridgehead atoms. The number of nitrogens with zero attached hydrogens (tertiary/aromatic N) is 2. The minimum absolute atomic E-state index is 0.608. The second-order valence-electron chi connectivity index (χ2n) is 5.33. The largest absolute Gasteiger partial charge is 0.497 e. The zero-order chi connectivity index (χ0) is 13.9. The van der Waals surface area contributed by atoms with Crippen LogP contribution in [-0.4, -0.2) is 30.1 Å². The summed E-state index contributed by atoms with van der Waals surface area (Å²) in [5.74, 6) is 0.810. The molecule has 0 unspecified atom stereocenters. The Balaban J connectivity index is 1.89. The van der Waals surface area contributed by atoms with Crippen LogP contribution in [-0.2, 0) is 6.54 Å². The van der Waals surface area contributed by atoms with E-state index in [4.69, 9.17) is 16.3 Å². The SMILES string of the molecule is COc1ccc2cc(CN3CCCCC3)c(Cl)nc2c1. The van der Waals surface area contributed by atoms with Gasteiger partial charge >= 0.3 is 0 Å². The molecule has 0 spiro atoms. The van der Waals surface area contributed by atoms with E-state index in [1.54, 1.807) is 7.11 Å². The van der Waals surface area contributed by atoms with Crippen molar-refractivity contribution < 1.29 is 4.74 Å². The third-order valence-electron chi connectivity index (χ3n) is 3.89. The lowest BCUT2D eigenvalue weighted by Crippen LogP contribution is -2.29. The summed E-state index contributed by atoms with van der Waals surface area (Å²) in [4.78, 5) is 6.97. The molecule has 1 aliphatic rings. The number of likely N-dealkylation sites (tertiary alicyclic amines) is 1. The third-order valence-corrected chi connectivity index (χ3v) is 4.22. The van der Waals surface area contributed by atoms with Gasteiger partial charge in [0.25, 0.3) is 0 Å². The van der Waals surface area contributed by atoms with Crippen molar-refractivity contribution in [3.8, 4) is 5.75 Å². The van der Waals surface area contributed by atoms with Crippen LogP contribution in [0.4, 0.5) is 0 Å². The van der Waals surface area contributed by atoms with Gasteiger partial charge in [-0.05, 0) is 44.1 Å². The normalized spacial score (nSPS) is 16.5. The third kappa shape index (κ3) is 2.89. The molecule has 1 fully saturated rings. The number of hydrogen-bond donors (Lipinski definition) is 0. The van der Waals surface area contributed by atoms with Gasteiger partial charge in [-0.2, -0.15) is 0 Å². The molecule has 0 radical (unpaired) electrons. The first-order valence-corrected chi connectivity index (χ1v) is 7.49. The molecule has 3 nitrogen and oxygen atoms in total. The van der Waals surface area contributed by atoms with E-state index in [9.17, 15) is 0 Å². The van der Waals surface area contributed by atoms with Crippen molar-refractivity contribution >= 4 is 22.5 Å². The topological polar surface area (TPSA) is 25.4 Å². The standard InChI is InChI=1S/C16H19ClN2O/c1-20-14-6-5-12-9-13(16(17)18-15(12)10-14)11-19-7-3-2-4-8-19/h5-6,9-10H,2-4,7-8,11H2,1H3. The second-order valence-corrected chi connectivity index (χ2v) is 5.69. The van der Waals surface area contributed by atoms with Gasteiger partial charge in [-0.25, -0.2) is 4.98 Å². The minimum atomic E-state index is 0.608. The second kappa shape index (κ2) is 5.98. The van der Waals surface area contributed by atoms with E-state index >= 15 is 0 Å². The minimum Gasteiger partial charge on any atom is -0.497 e. The molecule has 1 aromatic carbocycles. The Morgan fingerprint density at radius 1 is 1.20 bits per heavy atom. The summed E-state index contributed by atoms with van der Waals surface area (Å²) in [5, 5.41) is 1.72. The van der Waals surface area contributed by atoms with Crippen molar-refractivity contribution in [3.05, 3.63) is 35.0 Å². The fourth-order valence-corrected chi connectivity index (χ4v) is 2.97. The van der Waals surface area contributed by atoms with Crippen LogP contribution in [0, 0.1) is 0 Å². The maximum atomic E-state index is 6.34. The van der Waals surface area contributed by atoms with E-state index in [0.29, 0.717) is 5.15 Å². The van der Waals surface area contributed by atoms with Crippen molar-refractivity contribution in [1.82, 2.24) is 9.88 Å². The highest BCUT2D eigenvalue weighted by Gasteiger charge is 2.13. The molecule has 0 N–H and O–H groups in total. The Morgan fingerprint density at radius 2 is 2.00 bits per heavy atom. The van der Waals surface area contributed by atoms with Gasteiger partial charge in [0.05, 0.1) is 12.6 Å². The van der Waals surface area contributed by atoms with E-state index in [1.165, 1.54) is 19.3 Å². The molecule has 2 aromatic rings. The van der Waals surface area contributed by atoms with Crippen LogP contribution in [0.3, 0.4) is 0 Å². The molecule has 1 aliphatic heterocycles. The van der Waals surface area contributed by atoms with Crippen LogP contribution in [0.1, 0.15) is 24.8 Å². The molecule has 0 amide bonds. The van der Waals surface area contributed by atoms with Gasteiger partial charge in [0.2, 0.25) is 0 Å². The van der Waals surface area contributed by atoms with Crippen molar-refractivity contribution in [1.29, 1.82) is 0 Å². The average molecular weight is 291 g/mol. The lowest BCUT2D eigenvalue weighted by Gasteiger charge is -2.26. The van der Waals surface area contributed by atoms with Gasteiger partial charge < -0.3 is 4.74 Å². The van der Waals surface area contributed by atoms with Crippen molar-refractivity contribution in [2.75, 3.05) is 20.2 Å². The highest BCUT2D eigenvalue weighted by molar-refractivity contribution is 6.30. The number of ether oxygens (including phenoxy) is 1. The highest BCUT2D eigenvalue weighted by Crippen LogP contribution is 2.25. The fourth-order valence-electron chi connectivity index (χ4n) is 2.76. The van der Waals surface area contributed by atoms with Gasteiger partial charge in [0.1, 0.15) is 10.9 Å². The molecular weight excluding hydrogens is 272 g/mol. The van der Waals surface area contributed by atoms with E-state index in [1.807, 2.05) is 18.2 Å². The Hall–Kier alpha value is -1.32. The molecule has 3 rings (SSSR count). The van der Waals surface area contributed by atoms with Crippen LogP contribution >= 0.6 is 11.6 Å². The van der Waals surface area contributed by atoms with E-state index in [-0.39, 0.29) is 0 Å². The summed E-state index contributed by atoms with van der Waals surface area (Å²) in [6.45, 7) is 3.22. The fraction of sp³-hybridized carbons (Fsp3) is 0.438. The van der Waals surface area contributed by atoms with E-state index in [0.717, 1.165) is 41.9 Å². The average Bonchev–Trinajstić information content (AvgIpc) is 2.48. The molecule has 0 atom stereocenters. The maximum absolute atomic E-state index is 6.34. The number of piperidine rings is 1. The quantitative estimate of drug-likeness (QED) is 0.802. The molecule has 106 valence electrons. The zero-order valence-electron chi connectivity index (χ0n) is 11.7. The highest BCUT2D eigenvalue weighted by atomic mass is 35.5. The van der Waals surface area contributed by atoms with Crippen LogP contribution in [0.15, 0.2) is 24.3 Å². The maximum Gasteiger partial charge on any atom is 0.134 e. The number of aromatic nitrogens is 1. The van der Waals surface area contributed by atoms with Crippen molar-refractivity contribution in [2.24, 2.45) is 0 Å². The lowest BCUT2D eigenvalue weighted by molar-refractivity contribution is 0.221. The first-order valence-electron chi connectivity index (χ1n) is 7.12. The van der Waals surface area contributed by atoms with Gasteiger partial charge in [-0.15, -0.1) is 0 Å². The summed E-state index contributed by atoms with van der Waals surface area (Å²) in [6.07, 6.45) is 3.92. The summed E-state index contributed by atoms with van der Waals surface area (Å²) in [7, 11) is 1.66. The van der Waals surface area contributed by atoms with Crippen LogP contribution in [0.2, 0.25) is 5.15 Å². The predicted molar refractivity (Wildman–Crippen MR) is 82.4 cm³/mol. The smallest absolute Gasteiger partial charge is 0.134 e. The first kappa shape index (κ1) is 13.7. The number of hydrogen-bond acceptors (Lipinski definition) is 3. The number of halogens is 1. The van der Waals surface area contributed by atoms with E-state index < -0.39 is 0 Å². The number of methoxy groups -OCH3 is 1. The molecule has 1 saturated heterocycles. The summed E-state index contributed by atoms with van der Waals surface area (Å²) in [6, 6.07) is 8.07. The summed E-state index contributed by atoms with van der Waals surface area (Å²) < 4.78 is 5.22. The Kier molecular flexibility index (Phi) is 4.08. The molecule has 1 aromatic heterocycles. The molecule has 20 heavy (non-hydrogen) atoms.